The highest BCUT2D eigenvalue weighted by Crippen LogP contribution is 2.29. The van der Waals surface area contributed by atoms with E-state index in [1.165, 1.54) is 12.8 Å². The first-order valence-electron chi connectivity index (χ1n) is 7.96. The second kappa shape index (κ2) is 6.48. The maximum absolute atomic E-state index is 12.8. The molecule has 0 aromatic heterocycles. The molecule has 1 N–H and O–H groups in total. The predicted molar refractivity (Wildman–Crippen MR) is 88.7 cm³/mol. The normalized spacial score (nSPS) is 21.2. The van der Waals surface area contributed by atoms with Gasteiger partial charge >= 0.3 is 0 Å². The number of halogens is 1. The number of aryl methyl sites for hydroxylation is 1. The van der Waals surface area contributed by atoms with Crippen molar-refractivity contribution in [3.8, 4) is 0 Å². The highest BCUT2D eigenvalue weighted by Gasteiger charge is 2.31. The van der Waals surface area contributed by atoms with Gasteiger partial charge in [0.25, 0.3) is 0 Å². The van der Waals surface area contributed by atoms with Crippen molar-refractivity contribution in [2.75, 3.05) is 19.6 Å². The number of nitrogens with zero attached hydrogens (tertiary/aromatic N) is 1. The fraction of sp³-hybridized carbons (Fsp3) is 0.625. The molecule has 1 aliphatic heterocycles. The third-order valence-electron chi connectivity index (χ3n) is 4.60. The summed E-state index contributed by atoms with van der Waals surface area (Å²) in [6.07, 6.45) is 4.46. The molecular formula is C16H23ClN2O2S. The average molecular weight is 343 g/mol. The summed E-state index contributed by atoms with van der Waals surface area (Å²) in [6.45, 7) is 4.07. The van der Waals surface area contributed by atoms with Crippen LogP contribution in [0.5, 0.6) is 0 Å². The summed E-state index contributed by atoms with van der Waals surface area (Å²) >= 11 is 5.92. The summed E-state index contributed by atoms with van der Waals surface area (Å²) < 4.78 is 27.1. The largest absolute Gasteiger partial charge is 0.314 e. The smallest absolute Gasteiger partial charge is 0.243 e. The van der Waals surface area contributed by atoms with E-state index in [-0.39, 0.29) is 0 Å². The molecule has 2 fully saturated rings. The SMILES string of the molecule is Cc1cc(Cl)ccc1S(=O)(=O)N1CCC(NCC2CC2)CC1. The van der Waals surface area contributed by atoms with Gasteiger partial charge in [0.1, 0.15) is 0 Å². The van der Waals surface area contributed by atoms with Crippen molar-refractivity contribution in [3.63, 3.8) is 0 Å². The van der Waals surface area contributed by atoms with Crippen LogP contribution in [0.25, 0.3) is 0 Å². The molecule has 3 rings (SSSR count). The van der Waals surface area contributed by atoms with Crippen LogP contribution < -0.4 is 5.32 Å². The molecule has 2 aliphatic rings. The third-order valence-corrected chi connectivity index (χ3v) is 6.89. The fourth-order valence-electron chi connectivity index (χ4n) is 3.00. The molecule has 0 bridgehead atoms. The van der Waals surface area contributed by atoms with Crippen molar-refractivity contribution >= 4 is 21.6 Å². The lowest BCUT2D eigenvalue weighted by molar-refractivity contribution is 0.288. The van der Waals surface area contributed by atoms with E-state index in [4.69, 9.17) is 11.6 Å². The fourth-order valence-corrected chi connectivity index (χ4v) is 4.90. The minimum absolute atomic E-state index is 0.376. The highest BCUT2D eigenvalue weighted by atomic mass is 35.5. The Morgan fingerprint density at radius 3 is 2.50 bits per heavy atom. The van der Waals surface area contributed by atoms with E-state index >= 15 is 0 Å². The maximum atomic E-state index is 12.8. The monoisotopic (exact) mass is 342 g/mol. The van der Waals surface area contributed by atoms with Gasteiger partial charge < -0.3 is 5.32 Å². The van der Waals surface area contributed by atoms with Crippen molar-refractivity contribution in [2.24, 2.45) is 5.92 Å². The minimum atomic E-state index is -3.40. The zero-order valence-corrected chi connectivity index (χ0v) is 14.5. The standard InChI is InChI=1S/C16H23ClN2O2S/c1-12-10-14(17)4-5-16(12)22(20,21)19-8-6-15(7-9-19)18-11-13-2-3-13/h4-5,10,13,15,18H,2-3,6-9,11H2,1H3. The van der Waals surface area contributed by atoms with E-state index in [1.54, 1.807) is 29.4 Å². The Bertz CT molecular complexity index is 636. The molecule has 4 nitrogen and oxygen atoms in total. The van der Waals surface area contributed by atoms with Crippen molar-refractivity contribution in [2.45, 2.75) is 43.5 Å². The van der Waals surface area contributed by atoms with E-state index in [0.717, 1.165) is 25.3 Å². The van der Waals surface area contributed by atoms with Gasteiger partial charge in [-0.3, -0.25) is 0 Å². The molecular weight excluding hydrogens is 320 g/mol. The number of hydrogen-bond acceptors (Lipinski definition) is 3. The zero-order chi connectivity index (χ0) is 15.7. The van der Waals surface area contributed by atoms with Gasteiger partial charge in [0.05, 0.1) is 4.90 Å². The number of hydrogen-bond donors (Lipinski definition) is 1. The molecule has 1 aromatic carbocycles. The molecule has 1 aliphatic carbocycles. The number of sulfonamides is 1. The van der Waals surface area contributed by atoms with Gasteiger partial charge in [-0.05, 0) is 68.8 Å². The lowest BCUT2D eigenvalue weighted by Gasteiger charge is -2.32. The Hall–Kier alpha value is -0.620. The van der Waals surface area contributed by atoms with Crippen LogP contribution in [0.4, 0.5) is 0 Å². The summed E-state index contributed by atoms with van der Waals surface area (Å²) in [5.41, 5.74) is 0.710. The van der Waals surface area contributed by atoms with Crippen LogP contribution in [0.1, 0.15) is 31.2 Å². The molecule has 0 unspecified atom stereocenters. The maximum Gasteiger partial charge on any atom is 0.243 e. The molecule has 1 heterocycles. The molecule has 0 spiro atoms. The summed E-state index contributed by atoms with van der Waals surface area (Å²) in [5, 5.41) is 4.14. The Morgan fingerprint density at radius 2 is 1.91 bits per heavy atom. The van der Waals surface area contributed by atoms with Gasteiger partial charge in [-0.2, -0.15) is 4.31 Å². The highest BCUT2D eigenvalue weighted by molar-refractivity contribution is 7.89. The van der Waals surface area contributed by atoms with E-state index in [9.17, 15) is 8.42 Å². The van der Waals surface area contributed by atoms with E-state index in [2.05, 4.69) is 5.32 Å². The van der Waals surface area contributed by atoms with Gasteiger partial charge in [0.15, 0.2) is 0 Å². The number of benzene rings is 1. The van der Waals surface area contributed by atoms with Crippen LogP contribution in [0.3, 0.4) is 0 Å². The van der Waals surface area contributed by atoms with Crippen molar-refractivity contribution < 1.29 is 8.42 Å². The lowest BCUT2D eigenvalue weighted by atomic mass is 10.1. The summed E-state index contributed by atoms with van der Waals surface area (Å²) in [5.74, 6) is 0.860. The second-order valence-electron chi connectivity index (χ2n) is 6.44. The Morgan fingerprint density at radius 1 is 1.23 bits per heavy atom. The van der Waals surface area contributed by atoms with E-state index < -0.39 is 10.0 Å². The first-order chi connectivity index (χ1) is 10.5. The first-order valence-corrected chi connectivity index (χ1v) is 9.78. The molecule has 1 saturated carbocycles. The third kappa shape index (κ3) is 3.65. The van der Waals surface area contributed by atoms with E-state index in [0.29, 0.717) is 34.6 Å². The van der Waals surface area contributed by atoms with Crippen molar-refractivity contribution in [1.82, 2.24) is 9.62 Å². The van der Waals surface area contributed by atoms with Crippen LogP contribution in [-0.4, -0.2) is 38.4 Å². The quantitative estimate of drug-likeness (QED) is 0.895. The van der Waals surface area contributed by atoms with Crippen molar-refractivity contribution in [3.05, 3.63) is 28.8 Å². The van der Waals surface area contributed by atoms with Gasteiger partial charge in [0.2, 0.25) is 10.0 Å². The van der Waals surface area contributed by atoms with Crippen LogP contribution >= 0.6 is 11.6 Å². The van der Waals surface area contributed by atoms with E-state index in [1.807, 2.05) is 0 Å². The molecule has 1 aromatic rings. The molecule has 22 heavy (non-hydrogen) atoms. The summed E-state index contributed by atoms with van der Waals surface area (Å²) in [6, 6.07) is 5.42. The summed E-state index contributed by atoms with van der Waals surface area (Å²) in [4.78, 5) is 0.376. The van der Waals surface area contributed by atoms with Gasteiger partial charge in [-0.15, -0.1) is 0 Å². The number of rotatable bonds is 5. The molecule has 0 atom stereocenters. The Balaban J connectivity index is 1.63. The topological polar surface area (TPSA) is 49.4 Å². The lowest BCUT2D eigenvalue weighted by Crippen LogP contribution is -2.45. The second-order valence-corrected chi connectivity index (χ2v) is 8.78. The van der Waals surface area contributed by atoms with Crippen molar-refractivity contribution in [1.29, 1.82) is 0 Å². The molecule has 0 radical (unpaired) electrons. The van der Waals surface area contributed by atoms with Crippen LogP contribution in [0.15, 0.2) is 23.1 Å². The number of nitrogens with one attached hydrogen (secondary N) is 1. The predicted octanol–water partition coefficient (Wildman–Crippen LogP) is 2.80. The molecule has 1 saturated heterocycles. The molecule has 6 heteroatoms. The Labute approximate surface area is 137 Å². The average Bonchev–Trinajstić information content (AvgIpc) is 3.29. The molecule has 122 valence electrons. The summed E-state index contributed by atoms with van der Waals surface area (Å²) in [7, 11) is -3.40. The Kier molecular flexibility index (Phi) is 4.78. The minimum Gasteiger partial charge on any atom is -0.314 e. The van der Waals surface area contributed by atoms with Gasteiger partial charge in [-0.25, -0.2) is 8.42 Å². The molecule has 0 amide bonds. The first kappa shape index (κ1) is 16.2. The van der Waals surface area contributed by atoms with Crippen LogP contribution in [0, 0.1) is 12.8 Å². The van der Waals surface area contributed by atoms with Crippen LogP contribution in [0.2, 0.25) is 5.02 Å². The van der Waals surface area contributed by atoms with Crippen LogP contribution in [-0.2, 0) is 10.0 Å². The zero-order valence-electron chi connectivity index (χ0n) is 12.9. The number of piperidine rings is 1. The van der Waals surface area contributed by atoms with Gasteiger partial charge in [-0.1, -0.05) is 11.6 Å². The van der Waals surface area contributed by atoms with Gasteiger partial charge in [0, 0.05) is 24.2 Å².